The van der Waals surface area contributed by atoms with Crippen molar-refractivity contribution in [2.45, 2.75) is 11.9 Å². The van der Waals surface area contributed by atoms with Crippen LogP contribution in [0.25, 0.3) is 0 Å². The van der Waals surface area contributed by atoms with Crippen LogP contribution in [0.5, 0.6) is 0 Å². The number of pyridine rings is 1. The minimum Gasteiger partial charge on any atom is -0.463 e. The molecule has 0 atom stereocenters. The molecule has 0 aliphatic rings. The topological polar surface area (TPSA) is 39.2 Å². The molecule has 1 aromatic heterocycles. The first-order valence-electron chi connectivity index (χ1n) is 4.73. The molecule has 0 aromatic carbocycles. The number of hydrogen-bond donors (Lipinski definition) is 0. The molecular weight excluding hydrogens is 246 g/mol. The van der Waals surface area contributed by atoms with Crippen molar-refractivity contribution < 1.29 is 9.53 Å². The lowest BCUT2D eigenvalue weighted by molar-refractivity contribution is -0.138. The zero-order valence-corrected chi connectivity index (χ0v) is 10.5. The number of esters is 1. The molecule has 86 valence electrons. The van der Waals surface area contributed by atoms with Crippen LogP contribution in [0.15, 0.2) is 35.5 Å². The number of aromatic nitrogens is 1. The molecule has 0 aliphatic heterocycles. The predicted molar refractivity (Wildman–Crippen MR) is 65.7 cm³/mol. The van der Waals surface area contributed by atoms with E-state index < -0.39 is 0 Å². The van der Waals surface area contributed by atoms with Crippen LogP contribution in [0.1, 0.15) is 6.92 Å². The molecule has 5 heteroatoms. The van der Waals surface area contributed by atoms with E-state index in [1.54, 1.807) is 25.3 Å². The normalized spacial score (nSPS) is 9.88. The van der Waals surface area contributed by atoms with Crippen molar-refractivity contribution in [2.75, 3.05) is 12.4 Å². The number of carbonyl (C=O) groups excluding carboxylic acids is 1. The van der Waals surface area contributed by atoms with Crippen LogP contribution in [0, 0.1) is 0 Å². The molecule has 16 heavy (non-hydrogen) atoms. The van der Waals surface area contributed by atoms with Crippen molar-refractivity contribution in [3.63, 3.8) is 0 Å². The molecule has 0 bridgehead atoms. The molecule has 0 aliphatic carbocycles. The van der Waals surface area contributed by atoms with Gasteiger partial charge in [-0.05, 0) is 19.1 Å². The van der Waals surface area contributed by atoms with Crippen molar-refractivity contribution in [3.8, 4) is 0 Å². The Hall–Kier alpha value is -1.00. The Balaban J connectivity index is 2.49. The van der Waals surface area contributed by atoms with Crippen LogP contribution in [0.4, 0.5) is 0 Å². The number of carbonyl (C=O) groups is 1. The van der Waals surface area contributed by atoms with E-state index >= 15 is 0 Å². The maximum absolute atomic E-state index is 11.3. The standard InChI is InChI=1S/C11H12ClNO2S/c1-3-15-11(14)8(2)7-16-10-9(12)5-4-6-13-10/h4-6H,2-3,7H2,1H3. The van der Waals surface area contributed by atoms with Crippen LogP contribution in [0.3, 0.4) is 0 Å². The van der Waals surface area contributed by atoms with Gasteiger partial charge in [-0.15, -0.1) is 0 Å². The third-order valence-electron chi connectivity index (χ3n) is 1.67. The number of nitrogens with zero attached hydrogens (tertiary/aromatic N) is 1. The highest BCUT2D eigenvalue weighted by Crippen LogP contribution is 2.25. The summed E-state index contributed by atoms with van der Waals surface area (Å²) in [7, 11) is 0. The van der Waals surface area contributed by atoms with E-state index in [0.29, 0.717) is 28.0 Å². The molecule has 1 aromatic rings. The van der Waals surface area contributed by atoms with Gasteiger partial charge in [0.1, 0.15) is 5.03 Å². The summed E-state index contributed by atoms with van der Waals surface area (Å²) in [5.41, 5.74) is 0.411. The molecule has 1 rings (SSSR count). The highest BCUT2D eigenvalue weighted by Gasteiger charge is 2.09. The maximum Gasteiger partial charge on any atom is 0.334 e. The monoisotopic (exact) mass is 257 g/mol. The fraction of sp³-hybridized carbons (Fsp3) is 0.273. The number of halogens is 1. The molecule has 0 amide bonds. The van der Waals surface area contributed by atoms with Gasteiger partial charge in [0.15, 0.2) is 0 Å². The first kappa shape index (κ1) is 13.1. The zero-order chi connectivity index (χ0) is 12.0. The second-order valence-electron chi connectivity index (χ2n) is 2.90. The number of thioether (sulfide) groups is 1. The Labute approximate surface area is 104 Å². The minimum absolute atomic E-state index is 0.354. The Morgan fingerprint density at radius 1 is 1.69 bits per heavy atom. The number of rotatable bonds is 5. The van der Waals surface area contributed by atoms with Gasteiger partial charge in [-0.25, -0.2) is 9.78 Å². The number of hydrogen-bond acceptors (Lipinski definition) is 4. The van der Waals surface area contributed by atoms with Gasteiger partial charge in [0.2, 0.25) is 0 Å². The molecule has 0 radical (unpaired) electrons. The number of ether oxygens (including phenoxy) is 1. The molecule has 0 spiro atoms. The summed E-state index contributed by atoms with van der Waals surface area (Å²) in [6.45, 7) is 5.76. The van der Waals surface area contributed by atoms with Crippen molar-refractivity contribution in [1.82, 2.24) is 4.98 Å². The first-order chi connectivity index (χ1) is 7.65. The SMILES string of the molecule is C=C(CSc1ncccc1Cl)C(=O)OCC. The molecule has 0 saturated heterocycles. The third kappa shape index (κ3) is 3.87. The van der Waals surface area contributed by atoms with Crippen molar-refractivity contribution in [3.05, 3.63) is 35.5 Å². The van der Waals surface area contributed by atoms with Crippen molar-refractivity contribution in [1.29, 1.82) is 0 Å². The molecule has 1 heterocycles. The van der Waals surface area contributed by atoms with E-state index in [2.05, 4.69) is 11.6 Å². The summed E-state index contributed by atoms with van der Waals surface area (Å²) in [6, 6.07) is 3.51. The van der Waals surface area contributed by atoms with Crippen molar-refractivity contribution >= 4 is 29.3 Å². The Morgan fingerprint density at radius 3 is 3.06 bits per heavy atom. The van der Waals surface area contributed by atoms with E-state index in [0.717, 1.165) is 0 Å². The largest absolute Gasteiger partial charge is 0.463 e. The predicted octanol–water partition coefficient (Wildman–Crippen LogP) is 2.95. The summed E-state index contributed by atoms with van der Waals surface area (Å²) < 4.78 is 4.82. The molecule has 3 nitrogen and oxygen atoms in total. The van der Waals surface area contributed by atoms with E-state index in [-0.39, 0.29) is 5.97 Å². The van der Waals surface area contributed by atoms with E-state index in [9.17, 15) is 4.79 Å². The second kappa shape index (κ2) is 6.55. The van der Waals surface area contributed by atoms with E-state index in [1.165, 1.54) is 11.8 Å². The fourth-order valence-electron chi connectivity index (χ4n) is 0.925. The molecule has 0 unspecified atom stereocenters. The van der Waals surface area contributed by atoms with Crippen LogP contribution in [0.2, 0.25) is 5.02 Å². The lowest BCUT2D eigenvalue weighted by atomic mass is 10.4. The third-order valence-corrected chi connectivity index (χ3v) is 3.18. The maximum atomic E-state index is 11.3. The van der Waals surface area contributed by atoms with E-state index in [4.69, 9.17) is 16.3 Å². The van der Waals surface area contributed by atoms with Gasteiger partial charge >= 0.3 is 5.97 Å². The summed E-state index contributed by atoms with van der Waals surface area (Å²) in [5, 5.41) is 1.26. The van der Waals surface area contributed by atoms with Gasteiger partial charge in [0.05, 0.1) is 11.6 Å². The quantitative estimate of drug-likeness (QED) is 0.462. The zero-order valence-electron chi connectivity index (χ0n) is 8.90. The van der Waals surface area contributed by atoms with Crippen molar-refractivity contribution in [2.24, 2.45) is 0 Å². The molecule has 0 saturated carbocycles. The lowest BCUT2D eigenvalue weighted by Gasteiger charge is -2.05. The minimum atomic E-state index is -0.373. The van der Waals surface area contributed by atoms with Crippen LogP contribution >= 0.6 is 23.4 Å². The average molecular weight is 258 g/mol. The molecule has 0 N–H and O–H groups in total. The van der Waals surface area contributed by atoms with E-state index in [1.807, 2.05) is 0 Å². The summed E-state index contributed by atoms with van der Waals surface area (Å²) >= 11 is 7.29. The van der Waals surface area contributed by atoms with Gasteiger partial charge < -0.3 is 4.74 Å². The lowest BCUT2D eigenvalue weighted by Crippen LogP contribution is -2.08. The van der Waals surface area contributed by atoms with Gasteiger partial charge in [-0.2, -0.15) is 0 Å². The first-order valence-corrected chi connectivity index (χ1v) is 6.09. The second-order valence-corrected chi connectivity index (χ2v) is 4.27. The van der Waals surface area contributed by atoms with Crippen LogP contribution < -0.4 is 0 Å². The summed E-state index contributed by atoms with van der Waals surface area (Å²) in [4.78, 5) is 15.4. The summed E-state index contributed by atoms with van der Waals surface area (Å²) in [6.07, 6.45) is 1.65. The summed E-state index contributed by atoms with van der Waals surface area (Å²) in [5.74, 6) is 0.0531. The Morgan fingerprint density at radius 2 is 2.44 bits per heavy atom. The van der Waals surface area contributed by atoms with Crippen LogP contribution in [-0.2, 0) is 9.53 Å². The highest BCUT2D eigenvalue weighted by molar-refractivity contribution is 7.99. The van der Waals surface area contributed by atoms with Gasteiger partial charge in [-0.3, -0.25) is 0 Å². The molecular formula is C11H12ClNO2S. The van der Waals surface area contributed by atoms with Gasteiger partial charge in [-0.1, -0.05) is 29.9 Å². The fourth-order valence-corrected chi connectivity index (χ4v) is 1.98. The Bertz CT molecular complexity index is 395. The van der Waals surface area contributed by atoms with Gasteiger partial charge in [0, 0.05) is 17.5 Å². The highest BCUT2D eigenvalue weighted by atomic mass is 35.5. The van der Waals surface area contributed by atoms with Gasteiger partial charge in [0.25, 0.3) is 0 Å². The smallest absolute Gasteiger partial charge is 0.334 e. The molecule has 0 fully saturated rings. The van der Waals surface area contributed by atoms with Crippen LogP contribution in [-0.4, -0.2) is 23.3 Å². The Kier molecular flexibility index (Phi) is 5.35. The average Bonchev–Trinajstić information content (AvgIpc) is 2.28.